The molecule has 17 heavy (non-hydrogen) atoms. The standard InChI is InChI=1S/C13H19N3O/c1-10-8-11-13(17-7-4-15-11)12(9-10)16-5-2-14-3-6-16/h8-9,14-15H,2-7H2,1H3. The molecular formula is C13H19N3O. The van der Waals surface area contributed by atoms with E-state index in [1.165, 1.54) is 11.3 Å². The van der Waals surface area contributed by atoms with E-state index in [0.29, 0.717) is 0 Å². The molecule has 2 aliphatic rings. The van der Waals surface area contributed by atoms with Gasteiger partial charge in [-0.2, -0.15) is 0 Å². The van der Waals surface area contributed by atoms with Gasteiger partial charge >= 0.3 is 0 Å². The van der Waals surface area contributed by atoms with Crippen LogP contribution in [-0.2, 0) is 0 Å². The first-order valence-corrected chi connectivity index (χ1v) is 6.31. The maximum atomic E-state index is 5.84. The summed E-state index contributed by atoms with van der Waals surface area (Å²) in [6, 6.07) is 4.40. The minimum atomic E-state index is 0.759. The average molecular weight is 233 g/mol. The van der Waals surface area contributed by atoms with E-state index in [2.05, 4.69) is 34.6 Å². The monoisotopic (exact) mass is 233 g/mol. The minimum Gasteiger partial charge on any atom is -0.487 e. The van der Waals surface area contributed by atoms with Gasteiger partial charge < -0.3 is 20.3 Å². The van der Waals surface area contributed by atoms with Crippen LogP contribution in [0.3, 0.4) is 0 Å². The Balaban J connectivity index is 1.98. The van der Waals surface area contributed by atoms with Crippen LogP contribution in [0.4, 0.5) is 11.4 Å². The summed E-state index contributed by atoms with van der Waals surface area (Å²) in [4.78, 5) is 2.41. The molecular weight excluding hydrogens is 214 g/mol. The number of benzene rings is 1. The summed E-state index contributed by atoms with van der Waals surface area (Å²) in [5.41, 5.74) is 3.67. The highest BCUT2D eigenvalue weighted by atomic mass is 16.5. The summed E-state index contributed by atoms with van der Waals surface area (Å²) >= 11 is 0. The smallest absolute Gasteiger partial charge is 0.165 e. The Kier molecular flexibility index (Phi) is 2.81. The Morgan fingerprint density at radius 1 is 1.18 bits per heavy atom. The Hall–Kier alpha value is -1.42. The van der Waals surface area contributed by atoms with Gasteiger partial charge in [0.15, 0.2) is 5.75 Å². The zero-order valence-electron chi connectivity index (χ0n) is 10.3. The molecule has 0 amide bonds. The van der Waals surface area contributed by atoms with Gasteiger partial charge in [-0.1, -0.05) is 0 Å². The number of aryl methyl sites for hydroxylation is 1. The van der Waals surface area contributed by atoms with Crippen molar-refractivity contribution in [2.75, 3.05) is 49.5 Å². The molecule has 2 aliphatic heterocycles. The summed E-state index contributed by atoms with van der Waals surface area (Å²) < 4.78 is 5.84. The predicted octanol–water partition coefficient (Wildman–Crippen LogP) is 1.21. The topological polar surface area (TPSA) is 36.5 Å². The van der Waals surface area contributed by atoms with Gasteiger partial charge in [0.1, 0.15) is 6.61 Å². The number of nitrogens with zero attached hydrogens (tertiary/aromatic N) is 1. The van der Waals surface area contributed by atoms with Gasteiger partial charge in [-0.05, 0) is 24.6 Å². The molecule has 0 spiro atoms. The highest BCUT2D eigenvalue weighted by Gasteiger charge is 2.20. The van der Waals surface area contributed by atoms with Crippen molar-refractivity contribution >= 4 is 11.4 Å². The maximum Gasteiger partial charge on any atom is 0.165 e. The Morgan fingerprint density at radius 3 is 2.82 bits per heavy atom. The fourth-order valence-corrected chi connectivity index (χ4v) is 2.52. The van der Waals surface area contributed by atoms with Crippen LogP contribution < -0.4 is 20.3 Å². The first-order valence-electron chi connectivity index (χ1n) is 6.31. The molecule has 0 bridgehead atoms. The van der Waals surface area contributed by atoms with Gasteiger partial charge in [-0.25, -0.2) is 0 Å². The second-order valence-electron chi connectivity index (χ2n) is 4.67. The molecule has 0 saturated carbocycles. The summed E-state index contributed by atoms with van der Waals surface area (Å²) in [6.45, 7) is 8.01. The van der Waals surface area contributed by atoms with Gasteiger partial charge in [0.25, 0.3) is 0 Å². The number of ether oxygens (including phenoxy) is 1. The number of nitrogens with one attached hydrogen (secondary N) is 2. The summed E-state index contributed by atoms with van der Waals surface area (Å²) in [5.74, 6) is 1.03. The van der Waals surface area contributed by atoms with Gasteiger partial charge in [0.05, 0.1) is 11.4 Å². The second kappa shape index (κ2) is 4.45. The van der Waals surface area contributed by atoms with Crippen LogP contribution in [0, 0.1) is 6.92 Å². The van der Waals surface area contributed by atoms with E-state index in [4.69, 9.17) is 4.74 Å². The number of piperazine rings is 1. The molecule has 1 aromatic rings. The number of rotatable bonds is 1. The van der Waals surface area contributed by atoms with E-state index in [9.17, 15) is 0 Å². The van der Waals surface area contributed by atoms with Crippen LogP contribution in [0.2, 0.25) is 0 Å². The van der Waals surface area contributed by atoms with Crippen molar-refractivity contribution < 1.29 is 4.74 Å². The average Bonchev–Trinajstić information content (AvgIpc) is 2.39. The van der Waals surface area contributed by atoms with E-state index in [0.717, 1.165) is 50.8 Å². The zero-order valence-corrected chi connectivity index (χ0v) is 10.3. The Bertz CT molecular complexity index is 413. The van der Waals surface area contributed by atoms with E-state index in [-0.39, 0.29) is 0 Å². The molecule has 2 N–H and O–H groups in total. The molecule has 0 aromatic heterocycles. The van der Waals surface area contributed by atoms with Crippen molar-refractivity contribution in [2.24, 2.45) is 0 Å². The molecule has 1 aromatic carbocycles. The lowest BCUT2D eigenvalue weighted by Gasteiger charge is -2.33. The molecule has 1 saturated heterocycles. The normalized spacial score (nSPS) is 19.2. The van der Waals surface area contributed by atoms with Gasteiger partial charge in [0.2, 0.25) is 0 Å². The quantitative estimate of drug-likeness (QED) is 0.764. The van der Waals surface area contributed by atoms with Gasteiger partial charge in [0, 0.05) is 32.7 Å². The Labute approximate surface area is 102 Å². The fraction of sp³-hybridized carbons (Fsp3) is 0.538. The van der Waals surface area contributed by atoms with Crippen LogP contribution in [0.5, 0.6) is 5.75 Å². The summed E-state index contributed by atoms with van der Waals surface area (Å²) in [7, 11) is 0. The highest BCUT2D eigenvalue weighted by Crippen LogP contribution is 2.39. The van der Waals surface area contributed by atoms with Crippen LogP contribution in [0.25, 0.3) is 0 Å². The lowest BCUT2D eigenvalue weighted by Crippen LogP contribution is -2.43. The number of fused-ring (bicyclic) bond motifs is 1. The third kappa shape index (κ3) is 2.05. The van der Waals surface area contributed by atoms with Crippen LogP contribution in [0.15, 0.2) is 12.1 Å². The fourth-order valence-electron chi connectivity index (χ4n) is 2.52. The second-order valence-corrected chi connectivity index (χ2v) is 4.67. The lowest BCUT2D eigenvalue weighted by atomic mass is 10.1. The predicted molar refractivity (Wildman–Crippen MR) is 70.2 cm³/mol. The molecule has 0 atom stereocenters. The van der Waals surface area contributed by atoms with Gasteiger partial charge in [-0.15, -0.1) is 0 Å². The van der Waals surface area contributed by atoms with Crippen molar-refractivity contribution in [2.45, 2.75) is 6.92 Å². The molecule has 2 heterocycles. The van der Waals surface area contributed by atoms with Crippen molar-refractivity contribution in [3.8, 4) is 5.75 Å². The van der Waals surface area contributed by atoms with E-state index >= 15 is 0 Å². The molecule has 3 rings (SSSR count). The summed E-state index contributed by atoms with van der Waals surface area (Å²) in [5, 5.41) is 6.80. The van der Waals surface area contributed by atoms with E-state index in [1.54, 1.807) is 0 Å². The molecule has 4 heteroatoms. The van der Waals surface area contributed by atoms with Crippen molar-refractivity contribution in [3.05, 3.63) is 17.7 Å². The maximum absolute atomic E-state index is 5.84. The summed E-state index contributed by atoms with van der Waals surface area (Å²) in [6.07, 6.45) is 0. The minimum absolute atomic E-state index is 0.759. The largest absolute Gasteiger partial charge is 0.487 e. The lowest BCUT2D eigenvalue weighted by molar-refractivity contribution is 0.323. The van der Waals surface area contributed by atoms with Crippen LogP contribution in [0.1, 0.15) is 5.56 Å². The van der Waals surface area contributed by atoms with Crippen LogP contribution in [-0.4, -0.2) is 39.3 Å². The molecule has 0 radical (unpaired) electrons. The van der Waals surface area contributed by atoms with Gasteiger partial charge in [-0.3, -0.25) is 0 Å². The first-order chi connectivity index (χ1) is 8.34. The molecule has 1 fully saturated rings. The molecule has 92 valence electrons. The zero-order chi connectivity index (χ0) is 11.7. The van der Waals surface area contributed by atoms with Crippen LogP contribution >= 0.6 is 0 Å². The van der Waals surface area contributed by atoms with Crippen molar-refractivity contribution in [1.29, 1.82) is 0 Å². The number of anilines is 2. The SMILES string of the molecule is Cc1cc2c(c(N3CCNCC3)c1)OCCN2. The molecule has 4 nitrogen and oxygen atoms in total. The number of hydrogen-bond donors (Lipinski definition) is 2. The van der Waals surface area contributed by atoms with Crippen molar-refractivity contribution in [3.63, 3.8) is 0 Å². The Morgan fingerprint density at radius 2 is 2.00 bits per heavy atom. The van der Waals surface area contributed by atoms with E-state index in [1.807, 2.05) is 0 Å². The first kappa shape index (κ1) is 10.7. The van der Waals surface area contributed by atoms with Crippen molar-refractivity contribution in [1.82, 2.24) is 5.32 Å². The molecule has 0 unspecified atom stereocenters. The third-order valence-corrected chi connectivity index (χ3v) is 3.34. The number of hydrogen-bond acceptors (Lipinski definition) is 4. The molecule has 0 aliphatic carbocycles. The van der Waals surface area contributed by atoms with E-state index < -0.39 is 0 Å². The highest BCUT2D eigenvalue weighted by molar-refractivity contribution is 5.74. The third-order valence-electron chi connectivity index (χ3n) is 3.34.